The standard InChI is InChI=1S/C46H90O2/c1-5-7-8-9-10-11-12-13-14-15-16-17-18-19-20-21-22-23-24-25-26-27-28-29-30-31-32-33-34-35-36-37-38-39-40-41-42-45(6-2)43-48-46(47)44(3)4/h45H,3,5-43H2,1-2,4H3. The van der Waals surface area contributed by atoms with Crippen molar-refractivity contribution in [3.05, 3.63) is 12.2 Å². The summed E-state index contributed by atoms with van der Waals surface area (Å²) in [5.41, 5.74) is 0.501. The summed E-state index contributed by atoms with van der Waals surface area (Å²) in [6.07, 6.45) is 54.5. The van der Waals surface area contributed by atoms with E-state index in [-0.39, 0.29) is 5.97 Å². The first kappa shape index (κ1) is 47.2. The predicted octanol–water partition coefficient (Wildman–Crippen LogP) is 16.6. The monoisotopic (exact) mass is 675 g/mol. The molecule has 1 unspecified atom stereocenters. The molecular formula is C46H90O2. The molecule has 0 saturated heterocycles. The SMILES string of the molecule is C=C(C)C(=O)OCC(CC)CCCCCCCCCCCCCCCCCCCCCCCCCCCCCCCCCCCCCC. The Morgan fingerprint density at radius 1 is 0.417 bits per heavy atom. The van der Waals surface area contributed by atoms with Crippen LogP contribution in [0, 0.1) is 5.92 Å². The Bertz CT molecular complexity index is 640. The van der Waals surface area contributed by atoms with Gasteiger partial charge in [0.2, 0.25) is 0 Å². The zero-order chi connectivity index (χ0) is 35.0. The first-order valence-electron chi connectivity index (χ1n) is 22.4. The topological polar surface area (TPSA) is 26.3 Å². The fraction of sp³-hybridized carbons (Fsp3) is 0.935. The van der Waals surface area contributed by atoms with E-state index in [4.69, 9.17) is 4.74 Å². The lowest BCUT2D eigenvalue weighted by atomic mass is 9.98. The third-order valence-electron chi connectivity index (χ3n) is 10.8. The van der Waals surface area contributed by atoms with E-state index >= 15 is 0 Å². The van der Waals surface area contributed by atoms with Crippen molar-refractivity contribution in [3.63, 3.8) is 0 Å². The summed E-state index contributed by atoms with van der Waals surface area (Å²) in [6, 6.07) is 0. The highest BCUT2D eigenvalue weighted by atomic mass is 16.5. The van der Waals surface area contributed by atoms with E-state index in [1.54, 1.807) is 6.92 Å². The number of rotatable bonds is 41. The van der Waals surface area contributed by atoms with E-state index < -0.39 is 0 Å². The third kappa shape index (κ3) is 38.0. The predicted molar refractivity (Wildman–Crippen MR) is 216 cm³/mol. The van der Waals surface area contributed by atoms with E-state index in [9.17, 15) is 4.79 Å². The molecule has 0 amide bonds. The van der Waals surface area contributed by atoms with Crippen molar-refractivity contribution in [2.45, 2.75) is 265 Å². The molecule has 0 N–H and O–H groups in total. The first-order valence-corrected chi connectivity index (χ1v) is 22.4. The summed E-state index contributed by atoms with van der Waals surface area (Å²) in [5, 5.41) is 0. The van der Waals surface area contributed by atoms with Gasteiger partial charge in [-0.2, -0.15) is 0 Å². The molecule has 0 aliphatic heterocycles. The van der Waals surface area contributed by atoms with Gasteiger partial charge in [0.25, 0.3) is 0 Å². The molecule has 0 heterocycles. The van der Waals surface area contributed by atoms with Crippen molar-refractivity contribution in [1.29, 1.82) is 0 Å². The largest absolute Gasteiger partial charge is 0.462 e. The Morgan fingerprint density at radius 2 is 0.646 bits per heavy atom. The molecule has 2 heteroatoms. The Labute approximate surface area is 304 Å². The number of hydrogen-bond donors (Lipinski definition) is 0. The highest BCUT2D eigenvalue weighted by molar-refractivity contribution is 5.86. The molecule has 1 atom stereocenters. The molecule has 286 valence electrons. The highest BCUT2D eigenvalue weighted by Crippen LogP contribution is 2.19. The van der Waals surface area contributed by atoms with Crippen molar-refractivity contribution in [2.24, 2.45) is 5.92 Å². The minimum Gasteiger partial charge on any atom is -0.462 e. The lowest BCUT2D eigenvalue weighted by molar-refractivity contribution is -0.140. The van der Waals surface area contributed by atoms with E-state index in [0.717, 1.165) is 6.42 Å². The Balaban J connectivity index is 3.15. The quantitative estimate of drug-likeness (QED) is 0.0366. The minimum absolute atomic E-state index is 0.241. The molecule has 0 fully saturated rings. The van der Waals surface area contributed by atoms with Crippen molar-refractivity contribution in [1.82, 2.24) is 0 Å². The summed E-state index contributed by atoms with van der Waals surface area (Å²) in [5.74, 6) is 0.265. The van der Waals surface area contributed by atoms with Crippen molar-refractivity contribution in [2.75, 3.05) is 6.61 Å². The third-order valence-corrected chi connectivity index (χ3v) is 10.8. The molecular weight excluding hydrogens is 585 g/mol. The number of ether oxygens (including phenoxy) is 1. The summed E-state index contributed by atoms with van der Waals surface area (Å²) in [6.45, 7) is 10.4. The maximum Gasteiger partial charge on any atom is 0.333 e. The van der Waals surface area contributed by atoms with Gasteiger partial charge in [0.15, 0.2) is 0 Å². The molecule has 0 aromatic heterocycles. The van der Waals surface area contributed by atoms with Gasteiger partial charge >= 0.3 is 5.97 Å². The van der Waals surface area contributed by atoms with Crippen LogP contribution in [0.25, 0.3) is 0 Å². The number of unbranched alkanes of at least 4 members (excludes halogenated alkanes) is 35. The average molecular weight is 675 g/mol. The van der Waals surface area contributed by atoms with Gasteiger partial charge in [-0.25, -0.2) is 4.79 Å². The lowest BCUT2D eigenvalue weighted by Gasteiger charge is -2.15. The van der Waals surface area contributed by atoms with Gasteiger partial charge in [0, 0.05) is 5.57 Å². The molecule has 0 saturated carbocycles. The Kier molecular flexibility index (Phi) is 40.0. The van der Waals surface area contributed by atoms with Crippen LogP contribution in [-0.2, 0) is 9.53 Å². The van der Waals surface area contributed by atoms with Gasteiger partial charge < -0.3 is 4.74 Å². The second kappa shape index (κ2) is 40.6. The molecule has 0 aliphatic rings. The summed E-state index contributed by atoms with van der Waals surface area (Å²) in [7, 11) is 0. The maximum atomic E-state index is 11.6. The first-order chi connectivity index (χ1) is 23.6. The second-order valence-electron chi connectivity index (χ2n) is 15.8. The van der Waals surface area contributed by atoms with Gasteiger partial charge in [0.1, 0.15) is 0 Å². The Morgan fingerprint density at radius 3 is 0.854 bits per heavy atom. The minimum atomic E-state index is -0.241. The summed E-state index contributed by atoms with van der Waals surface area (Å²) < 4.78 is 5.34. The molecule has 0 bridgehead atoms. The normalized spacial score (nSPS) is 12.1. The van der Waals surface area contributed by atoms with Crippen LogP contribution in [0.15, 0.2) is 12.2 Å². The van der Waals surface area contributed by atoms with Crippen LogP contribution < -0.4 is 0 Å². The van der Waals surface area contributed by atoms with Gasteiger partial charge in [-0.05, 0) is 19.3 Å². The van der Waals surface area contributed by atoms with E-state index in [1.165, 1.54) is 238 Å². The fourth-order valence-electron chi connectivity index (χ4n) is 7.24. The van der Waals surface area contributed by atoms with Crippen molar-refractivity contribution >= 4 is 5.97 Å². The molecule has 0 aromatic rings. The number of hydrogen-bond acceptors (Lipinski definition) is 2. The van der Waals surface area contributed by atoms with Gasteiger partial charge in [-0.1, -0.05) is 258 Å². The summed E-state index contributed by atoms with van der Waals surface area (Å²) >= 11 is 0. The average Bonchev–Trinajstić information content (AvgIpc) is 3.09. The zero-order valence-corrected chi connectivity index (χ0v) is 33.7. The molecule has 2 nitrogen and oxygen atoms in total. The van der Waals surface area contributed by atoms with Gasteiger partial charge in [0.05, 0.1) is 6.61 Å². The number of esters is 1. The van der Waals surface area contributed by atoms with Crippen LogP contribution in [0.5, 0.6) is 0 Å². The molecule has 0 aromatic carbocycles. The molecule has 0 spiro atoms. The van der Waals surface area contributed by atoms with Crippen molar-refractivity contribution in [3.8, 4) is 0 Å². The molecule has 0 rings (SSSR count). The number of carbonyl (C=O) groups is 1. The van der Waals surface area contributed by atoms with Crippen LogP contribution in [0.2, 0.25) is 0 Å². The Hall–Kier alpha value is -0.790. The van der Waals surface area contributed by atoms with Gasteiger partial charge in [-0.15, -0.1) is 0 Å². The molecule has 48 heavy (non-hydrogen) atoms. The summed E-state index contributed by atoms with van der Waals surface area (Å²) in [4.78, 5) is 11.6. The molecule has 0 aliphatic carbocycles. The van der Waals surface area contributed by atoms with Crippen molar-refractivity contribution < 1.29 is 9.53 Å². The highest BCUT2D eigenvalue weighted by Gasteiger charge is 2.10. The second-order valence-corrected chi connectivity index (χ2v) is 15.8. The van der Waals surface area contributed by atoms with Crippen LogP contribution in [0.1, 0.15) is 265 Å². The van der Waals surface area contributed by atoms with E-state index in [1.807, 2.05) is 0 Å². The number of carbonyl (C=O) groups excluding carboxylic acids is 1. The van der Waals surface area contributed by atoms with Crippen LogP contribution in [0.4, 0.5) is 0 Å². The fourth-order valence-corrected chi connectivity index (χ4v) is 7.24. The lowest BCUT2D eigenvalue weighted by Crippen LogP contribution is -2.14. The van der Waals surface area contributed by atoms with E-state index in [0.29, 0.717) is 18.1 Å². The molecule has 0 radical (unpaired) electrons. The van der Waals surface area contributed by atoms with Crippen LogP contribution in [-0.4, -0.2) is 12.6 Å². The smallest absolute Gasteiger partial charge is 0.333 e. The van der Waals surface area contributed by atoms with E-state index in [2.05, 4.69) is 20.4 Å². The van der Waals surface area contributed by atoms with Gasteiger partial charge in [-0.3, -0.25) is 0 Å². The van der Waals surface area contributed by atoms with Crippen LogP contribution >= 0.6 is 0 Å². The zero-order valence-electron chi connectivity index (χ0n) is 33.7. The maximum absolute atomic E-state index is 11.6. The van der Waals surface area contributed by atoms with Crippen LogP contribution in [0.3, 0.4) is 0 Å².